The van der Waals surface area contributed by atoms with E-state index in [1.54, 1.807) is 48.5 Å². The summed E-state index contributed by atoms with van der Waals surface area (Å²) >= 11 is 0. The minimum Gasteiger partial charge on any atom is -0.497 e. The van der Waals surface area contributed by atoms with Gasteiger partial charge < -0.3 is 19.6 Å². The Kier molecular flexibility index (Phi) is 3.80. The van der Waals surface area contributed by atoms with Crippen molar-refractivity contribution in [1.29, 1.82) is 0 Å². The zero-order valence-corrected chi connectivity index (χ0v) is 14.2. The Morgan fingerprint density at radius 2 is 1.96 bits per heavy atom. The van der Waals surface area contributed by atoms with E-state index in [0.717, 1.165) is 0 Å². The van der Waals surface area contributed by atoms with Crippen molar-refractivity contribution in [2.75, 3.05) is 7.11 Å². The molecule has 2 aromatic carbocycles. The first-order chi connectivity index (χ1) is 13.0. The summed E-state index contributed by atoms with van der Waals surface area (Å²) < 4.78 is 16.1. The fourth-order valence-electron chi connectivity index (χ4n) is 3.28. The molecule has 0 saturated heterocycles. The summed E-state index contributed by atoms with van der Waals surface area (Å²) in [4.78, 5) is 23.8. The molecule has 0 saturated carbocycles. The van der Waals surface area contributed by atoms with Crippen LogP contribution in [0.15, 0.2) is 69.3 Å². The van der Waals surface area contributed by atoms with E-state index in [0.29, 0.717) is 22.3 Å². The van der Waals surface area contributed by atoms with Crippen LogP contribution < -0.4 is 20.8 Å². The van der Waals surface area contributed by atoms with Gasteiger partial charge in [0.1, 0.15) is 17.3 Å². The third-order valence-corrected chi connectivity index (χ3v) is 4.45. The van der Waals surface area contributed by atoms with Crippen molar-refractivity contribution in [2.45, 2.75) is 5.92 Å². The lowest BCUT2D eigenvalue weighted by molar-refractivity contribution is -0.432. The molecule has 0 radical (unpaired) electrons. The molecule has 8 heteroatoms. The van der Waals surface area contributed by atoms with Crippen LogP contribution in [0.4, 0.5) is 0 Å². The molecule has 1 aromatic heterocycles. The van der Waals surface area contributed by atoms with Gasteiger partial charge in [0.05, 0.1) is 23.0 Å². The zero-order valence-electron chi connectivity index (χ0n) is 14.2. The predicted octanol–water partition coefficient (Wildman–Crippen LogP) is 2.73. The Morgan fingerprint density at radius 1 is 1.19 bits per heavy atom. The van der Waals surface area contributed by atoms with E-state index >= 15 is 0 Å². The maximum Gasteiger partial charge on any atom is 0.344 e. The molecular weight excluding hydrogens is 352 g/mol. The van der Waals surface area contributed by atoms with Gasteiger partial charge in [-0.2, -0.15) is 0 Å². The van der Waals surface area contributed by atoms with E-state index < -0.39 is 22.2 Å². The maximum atomic E-state index is 12.7. The summed E-state index contributed by atoms with van der Waals surface area (Å²) in [6.45, 7) is 0. The summed E-state index contributed by atoms with van der Waals surface area (Å²) in [7, 11) is 1.48. The molecule has 0 unspecified atom stereocenters. The Morgan fingerprint density at radius 3 is 2.70 bits per heavy atom. The lowest BCUT2D eigenvalue weighted by Crippen LogP contribution is -2.29. The van der Waals surface area contributed by atoms with E-state index in [1.807, 2.05) is 0 Å². The molecule has 8 nitrogen and oxygen atoms in total. The number of benzene rings is 2. The number of methoxy groups -OCH3 is 1. The molecule has 0 amide bonds. The second kappa shape index (κ2) is 6.17. The summed E-state index contributed by atoms with van der Waals surface area (Å²) in [6, 6.07) is 13.4. The van der Waals surface area contributed by atoms with Gasteiger partial charge >= 0.3 is 11.3 Å². The van der Waals surface area contributed by atoms with Crippen molar-refractivity contribution in [3.05, 3.63) is 91.8 Å². The Hall–Kier alpha value is -3.81. The number of nitro groups is 1. The lowest BCUT2D eigenvalue weighted by Gasteiger charge is -2.24. The van der Waals surface area contributed by atoms with Gasteiger partial charge in [0.2, 0.25) is 0 Å². The Bertz CT molecular complexity index is 1160. The average molecular weight is 366 g/mol. The number of hydrogen-bond acceptors (Lipinski definition) is 7. The number of para-hydroxylation sites is 1. The van der Waals surface area contributed by atoms with E-state index in [4.69, 9.17) is 19.6 Å². The lowest BCUT2D eigenvalue weighted by atomic mass is 9.87. The van der Waals surface area contributed by atoms with Crippen LogP contribution in [0.5, 0.6) is 11.5 Å². The molecule has 1 atom stereocenters. The van der Waals surface area contributed by atoms with Crippen molar-refractivity contribution >= 4 is 11.0 Å². The zero-order chi connectivity index (χ0) is 19.1. The van der Waals surface area contributed by atoms with E-state index in [-0.39, 0.29) is 17.2 Å². The summed E-state index contributed by atoms with van der Waals surface area (Å²) in [5.74, 6) is -0.763. The van der Waals surface area contributed by atoms with Crippen molar-refractivity contribution in [2.24, 2.45) is 5.73 Å². The van der Waals surface area contributed by atoms with Crippen molar-refractivity contribution in [1.82, 2.24) is 0 Å². The fraction of sp³-hybridized carbons (Fsp3) is 0.105. The first-order valence-corrected chi connectivity index (χ1v) is 8.03. The number of allylic oxidation sites excluding steroid dienone is 1. The number of nitrogens with two attached hydrogens (primary N) is 1. The molecule has 3 aromatic rings. The topological polar surface area (TPSA) is 118 Å². The normalized spacial score (nSPS) is 16.0. The first kappa shape index (κ1) is 16.6. The molecule has 0 aliphatic carbocycles. The van der Waals surface area contributed by atoms with Gasteiger partial charge in [-0.25, -0.2) is 4.79 Å². The standard InChI is InChI=1S/C19H14N2O6/c1-25-11-6-4-5-10(9-11)14-15-17(27-18(20)16(14)21(23)24)12-7-2-3-8-13(12)26-19(15)22/h2-9,14H,20H2,1H3/t14-/m0/s1. The minimum absolute atomic E-state index is 0.0304. The second-order valence-corrected chi connectivity index (χ2v) is 5.95. The van der Waals surface area contributed by atoms with Crippen LogP contribution in [0.25, 0.3) is 11.0 Å². The molecule has 4 rings (SSSR count). The third-order valence-electron chi connectivity index (χ3n) is 4.45. The highest BCUT2D eigenvalue weighted by Crippen LogP contribution is 2.44. The third kappa shape index (κ3) is 2.58. The van der Waals surface area contributed by atoms with Gasteiger partial charge in [0.25, 0.3) is 5.88 Å². The van der Waals surface area contributed by atoms with E-state index in [2.05, 4.69) is 0 Å². The largest absolute Gasteiger partial charge is 0.497 e. The molecular formula is C19H14N2O6. The minimum atomic E-state index is -1.06. The number of fused-ring (bicyclic) bond motifs is 3. The molecule has 1 aliphatic rings. The van der Waals surface area contributed by atoms with Gasteiger partial charge in [0.15, 0.2) is 5.75 Å². The van der Waals surface area contributed by atoms with Gasteiger partial charge in [-0.05, 0) is 29.8 Å². The van der Waals surface area contributed by atoms with E-state index in [1.165, 1.54) is 7.11 Å². The molecule has 0 spiro atoms. The number of hydrogen-bond donors (Lipinski definition) is 1. The monoisotopic (exact) mass is 366 g/mol. The van der Waals surface area contributed by atoms with Crippen LogP contribution in [-0.4, -0.2) is 12.0 Å². The number of nitrogens with zero attached hydrogens (tertiary/aromatic N) is 1. The van der Waals surface area contributed by atoms with Gasteiger partial charge in [-0.15, -0.1) is 0 Å². The highest BCUT2D eigenvalue weighted by molar-refractivity contribution is 5.85. The average Bonchev–Trinajstić information content (AvgIpc) is 2.66. The Labute approximate surface area is 152 Å². The fourth-order valence-corrected chi connectivity index (χ4v) is 3.28. The van der Waals surface area contributed by atoms with Crippen molar-refractivity contribution in [3.63, 3.8) is 0 Å². The second-order valence-electron chi connectivity index (χ2n) is 5.95. The molecule has 1 aliphatic heterocycles. The van der Waals surface area contributed by atoms with Gasteiger partial charge in [-0.3, -0.25) is 10.1 Å². The highest BCUT2D eigenvalue weighted by atomic mass is 16.6. The van der Waals surface area contributed by atoms with Crippen LogP contribution in [-0.2, 0) is 0 Å². The maximum absolute atomic E-state index is 12.7. The van der Waals surface area contributed by atoms with E-state index in [9.17, 15) is 14.9 Å². The van der Waals surface area contributed by atoms with Crippen LogP contribution in [0.1, 0.15) is 17.0 Å². The SMILES string of the molecule is COc1cccc([C@@H]2C([N+](=O)[O-])=C(N)Oc3c2c(=O)oc2ccccc32)c1. The smallest absolute Gasteiger partial charge is 0.344 e. The molecule has 2 heterocycles. The van der Waals surface area contributed by atoms with Crippen molar-refractivity contribution < 1.29 is 18.8 Å². The van der Waals surface area contributed by atoms with Gasteiger partial charge in [-0.1, -0.05) is 24.3 Å². The quantitative estimate of drug-likeness (QED) is 0.430. The van der Waals surface area contributed by atoms with Gasteiger partial charge in [0, 0.05) is 0 Å². The summed E-state index contributed by atoms with van der Waals surface area (Å²) in [5.41, 5.74) is 5.56. The highest BCUT2D eigenvalue weighted by Gasteiger charge is 2.42. The van der Waals surface area contributed by atoms with Crippen molar-refractivity contribution in [3.8, 4) is 11.5 Å². The molecule has 136 valence electrons. The Balaban J connectivity index is 2.08. The van der Waals surface area contributed by atoms with Crippen LogP contribution in [0.3, 0.4) is 0 Å². The molecule has 0 bridgehead atoms. The number of rotatable bonds is 3. The molecule has 2 N–H and O–H groups in total. The predicted molar refractivity (Wildman–Crippen MR) is 96.2 cm³/mol. The molecule has 27 heavy (non-hydrogen) atoms. The van der Waals surface area contributed by atoms with Crippen LogP contribution in [0, 0.1) is 10.1 Å². The van der Waals surface area contributed by atoms with Crippen LogP contribution in [0.2, 0.25) is 0 Å². The molecule has 0 fully saturated rings. The van der Waals surface area contributed by atoms with Crippen LogP contribution >= 0.6 is 0 Å². The number of ether oxygens (including phenoxy) is 2. The summed E-state index contributed by atoms with van der Waals surface area (Å²) in [6.07, 6.45) is 0. The first-order valence-electron chi connectivity index (χ1n) is 8.03. The summed E-state index contributed by atoms with van der Waals surface area (Å²) in [5, 5.41) is 12.2.